The number of aryl methyl sites for hydroxylation is 2. The van der Waals surface area contributed by atoms with Crippen molar-refractivity contribution in [1.29, 1.82) is 0 Å². The maximum absolute atomic E-state index is 11.9. The molecule has 0 aromatic carbocycles. The van der Waals surface area contributed by atoms with Crippen molar-refractivity contribution in [2.24, 2.45) is 0 Å². The molecular formula is C14H23N3O. The monoisotopic (exact) mass is 249 g/mol. The Bertz CT molecular complexity index is 386. The first-order valence-electron chi connectivity index (χ1n) is 6.85. The van der Waals surface area contributed by atoms with E-state index in [0.29, 0.717) is 12.5 Å². The lowest BCUT2D eigenvalue weighted by molar-refractivity contribution is -0.117. The molecule has 1 aliphatic heterocycles. The summed E-state index contributed by atoms with van der Waals surface area (Å²) in [7, 11) is 0. The van der Waals surface area contributed by atoms with E-state index in [1.165, 1.54) is 19.3 Å². The van der Waals surface area contributed by atoms with Crippen molar-refractivity contribution < 1.29 is 4.79 Å². The van der Waals surface area contributed by atoms with Gasteiger partial charge in [-0.15, -0.1) is 0 Å². The molecule has 0 radical (unpaired) electrons. The first-order chi connectivity index (χ1) is 8.66. The van der Waals surface area contributed by atoms with Crippen LogP contribution in [0.1, 0.15) is 43.5 Å². The van der Waals surface area contributed by atoms with Gasteiger partial charge in [0.2, 0.25) is 5.91 Å². The maximum atomic E-state index is 11.9. The Morgan fingerprint density at radius 2 is 2.11 bits per heavy atom. The molecule has 2 heterocycles. The molecular weight excluding hydrogens is 226 g/mol. The summed E-state index contributed by atoms with van der Waals surface area (Å²) in [6.45, 7) is 5.09. The fourth-order valence-corrected chi connectivity index (χ4v) is 2.50. The van der Waals surface area contributed by atoms with E-state index in [-0.39, 0.29) is 5.91 Å². The molecule has 0 aliphatic carbocycles. The molecule has 2 N–H and O–H groups in total. The molecule has 0 bridgehead atoms. The van der Waals surface area contributed by atoms with Crippen molar-refractivity contribution in [3.05, 3.63) is 23.5 Å². The molecule has 2 rings (SSSR count). The van der Waals surface area contributed by atoms with Crippen LogP contribution in [0.3, 0.4) is 0 Å². The summed E-state index contributed by atoms with van der Waals surface area (Å²) >= 11 is 0. The Kier molecular flexibility index (Phi) is 4.42. The van der Waals surface area contributed by atoms with Gasteiger partial charge in [-0.3, -0.25) is 14.9 Å². The summed E-state index contributed by atoms with van der Waals surface area (Å²) in [4.78, 5) is 11.9. The predicted molar refractivity (Wildman–Crippen MR) is 73.1 cm³/mol. The third kappa shape index (κ3) is 3.35. The van der Waals surface area contributed by atoms with Gasteiger partial charge in [0.25, 0.3) is 0 Å². The number of carbonyl (C=O) groups is 1. The standard InChI is InChI=1S/C14H23N3O/c1-11-6-7-12(2)17(11)16-14(18)9-8-13-5-3-4-10-15-13/h6-7,13,15H,3-5,8-10H2,1-2H3,(H,16,18). The van der Waals surface area contributed by atoms with Crippen LogP contribution < -0.4 is 10.7 Å². The third-order valence-electron chi connectivity index (χ3n) is 3.64. The lowest BCUT2D eigenvalue weighted by Crippen LogP contribution is -2.35. The number of nitrogens with one attached hydrogen (secondary N) is 2. The van der Waals surface area contributed by atoms with Gasteiger partial charge in [-0.1, -0.05) is 6.42 Å². The first kappa shape index (κ1) is 13.1. The second-order valence-corrected chi connectivity index (χ2v) is 5.17. The van der Waals surface area contributed by atoms with Crippen molar-refractivity contribution in [1.82, 2.24) is 9.99 Å². The molecule has 1 aromatic heterocycles. The van der Waals surface area contributed by atoms with Gasteiger partial charge < -0.3 is 5.32 Å². The highest BCUT2D eigenvalue weighted by Crippen LogP contribution is 2.12. The van der Waals surface area contributed by atoms with Crippen molar-refractivity contribution >= 4 is 5.91 Å². The number of carbonyl (C=O) groups excluding carboxylic acids is 1. The van der Waals surface area contributed by atoms with E-state index >= 15 is 0 Å². The van der Waals surface area contributed by atoms with Crippen molar-refractivity contribution in [3.63, 3.8) is 0 Å². The molecule has 4 heteroatoms. The minimum atomic E-state index is 0.102. The van der Waals surface area contributed by atoms with E-state index < -0.39 is 0 Å². The molecule has 100 valence electrons. The predicted octanol–water partition coefficient (Wildman–Crippen LogP) is 2.10. The molecule has 1 atom stereocenters. The van der Waals surface area contributed by atoms with Gasteiger partial charge in [0, 0.05) is 23.9 Å². The lowest BCUT2D eigenvalue weighted by Gasteiger charge is -2.23. The maximum Gasteiger partial charge on any atom is 0.238 e. The number of hydrogen-bond acceptors (Lipinski definition) is 2. The summed E-state index contributed by atoms with van der Waals surface area (Å²) in [5.74, 6) is 0.102. The number of amides is 1. The fraction of sp³-hybridized carbons (Fsp3) is 0.643. The zero-order valence-electron chi connectivity index (χ0n) is 11.3. The van der Waals surface area contributed by atoms with E-state index in [2.05, 4.69) is 10.7 Å². The zero-order chi connectivity index (χ0) is 13.0. The minimum absolute atomic E-state index is 0.102. The summed E-state index contributed by atoms with van der Waals surface area (Å²) in [6.07, 6.45) is 5.29. The Balaban J connectivity index is 1.78. The van der Waals surface area contributed by atoms with E-state index in [9.17, 15) is 4.79 Å². The van der Waals surface area contributed by atoms with Crippen LogP contribution in [0.4, 0.5) is 0 Å². The molecule has 4 nitrogen and oxygen atoms in total. The second kappa shape index (κ2) is 6.05. The number of rotatable bonds is 4. The largest absolute Gasteiger partial charge is 0.314 e. The quantitative estimate of drug-likeness (QED) is 0.858. The van der Waals surface area contributed by atoms with Crippen molar-refractivity contribution in [3.8, 4) is 0 Å². The smallest absolute Gasteiger partial charge is 0.238 e. The average Bonchev–Trinajstić information content (AvgIpc) is 2.69. The van der Waals surface area contributed by atoms with Crippen LogP contribution in [0, 0.1) is 13.8 Å². The van der Waals surface area contributed by atoms with Crippen LogP contribution in [-0.4, -0.2) is 23.2 Å². The van der Waals surface area contributed by atoms with Gasteiger partial charge in [0.15, 0.2) is 0 Å². The molecule has 1 fully saturated rings. The van der Waals surface area contributed by atoms with Crippen molar-refractivity contribution in [2.45, 2.75) is 52.0 Å². The van der Waals surface area contributed by atoms with Crippen LogP contribution in [0.25, 0.3) is 0 Å². The molecule has 0 saturated carbocycles. The first-order valence-corrected chi connectivity index (χ1v) is 6.85. The van der Waals surface area contributed by atoms with Crippen LogP contribution in [0.15, 0.2) is 12.1 Å². The number of hydrogen-bond donors (Lipinski definition) is 2. The van der Waals surface area contributed by atoms with Crippen molar-refractivity contribution in [2.75, 3.05) is 12.0 Å². The summed E-state index contributed by atoms with van der Waals surface area (Å²) < 4.78 is 1.86. The molecule has 1 saturated heterocycles. The van der Waals surface area contributed by atoms with E-state index in [1.807, 2.05) is 30.7 Å². The van der Waals surface area contributed by atoms with E-state index in [4.69, 9.17) is 0 Å². The van der Waals surface area contributed by atoms with Gasteiger partial charge >= 0.3 is 0 Å². The third-order valence-corrected chi connectivity index (χ3v) is 3.64. The van der Waals surface area contributed by atoms with Gasteiger partial charge in [-0.05, 0) is 51.8 Å². The van der Waals surface area contributed by atoms with Crippen LogP contribution in [0.5, 0.6) is 0 Å². The second-order valence-electron chi connectivity index (χ2n) is 5.17. The lowest BCUT2D eigenvalue weighted by atomic mass is 10.0. The number of nitrogens with zero attached hydrogens (tertiary/aromatic N) is 1. The van der Waals surface area contributed by atoms with E-state index in [0.717, 1.165) is 24.4 Å². The summed E-state index contributed by atoms with van der Waals surface area (Å²) in [5, 5.41) is 3.47. The van der Waals surface area contributed by atoms with Gasteiger partial charge in [0.1, 0.15) is 0 Å². The Hall–Kier alpha value is -1.29. The van der Waals surface area contributed by atoms with Gasteiger partial charge in [-0.2, -0.15) is 0 Å². The number of piperidine rings is 1. The topological polar surface area (TPSA) is 46.1 Å². The molecule has 0 spiro atoms. The van der Waals surface area contributed by atoms with Gasteiger partial charge in [-0.25, -0.2) is 0 Å². The summed E-state index contributed by atoms with van der Waals surface area (Å²) in [6, 6.07) is 4.55. The SMILES string of the molecule is Cc1ccc(C)n1NC(=O)CCC1CCCCN1. The average molecular weight is 249 g/mol. The highest BCUT2D eigenvalue weighted by atomic mass is 16.2. The van der Waals surface area contributed by atoms with Gasteiger partial charge in [0.05, 0.1) is 0 Å². The normalized spacial score (nSPS) is 19.8. The molecule has 1 aliphatic rings. The Labute approximate surface area is 109 Å². The molecule has 1 aromatic rings. The number of aromatic nitrogens is 1. The Morgan fingerprint density at radius 1 is 1.39 bits per heavy atom. The zero-order valence-corrected chi connectivity index (χ0v) is 11.3. The van der Waals surface area contributed by atoms with E-state index in [1.54, 1.807) is 0 Å². The highest BCUT2D eigenvalue weighted by Gasteiger charge is 2.14. The molecule has 1 unspecified atom stereocenters. The van der Waals surface area contributed by atoms with Crippen LogP contribution in [0.2, 0.25) is 0 Å². The summed E-state index contributed by atoms with van der Waals surface area (Å²) in [5.41, 5.74) is 5.08. The van der Waals surface area contributed by atoms with Crippen LogP contribution in [-0.2, 0) is 4.79 Å². The molecule has 1 amide bonds. The minimum Gasteiger partial charge on any atom is -0.314 e. The Morgan fingerprint density at radius 3 is 2.72 bits per heavy atom. The fourth-order valence-electron chi connectivity index (χ4n) is 2.50. The molecule has 18 heavy (non-hydrogen) atoms. The van der Waals surface area contributed by atoms with Crippen LogP contribution >= 0.6 is 0 Å². The highest BCUT2D eigenvalue weighted by molar-refractivity contribution is 5.83.